The Morgan fingerprint density at radius 1 is 0.682 bits per heavy atom. The largest absolute Gasteiger partial charge is 0.293 e. The highest BCUT2D eigenvalue weighted by atomic mass is 32.2. The lowest BCUT2D eigenvalue weighted by Crippen LogP contribution is -2.09. The minimum Gasteiger partial charge on any atom is -0.293 e. The van der Waals surface area contributed by atoms with E-state index >= 15 is 0 Å². The van der Waals surface area contributed by atoms with E-state index in [1.54, 1.807) is 11.8 Å². The summed E-state index contributed by atoms with van der Waals surface area (Å²) in [4.78, 5) is 14.0. The second-order valence-corrected chi connectivity index (χ2v) is 6.13. The molecule has 0 aromatic heterocycles. The summed E-state index contributed by atoms with van der Waals surface area (Å²) >= 11 is 1.60. The highest BCUT2D eigenvalue weighted by Gasteiger charge is 2.22. The molecule has 3 aromatic carbocycles. The maximum atomic E-state index is 12.9. The van der Waals surface area contributed by atoms with Gasteiger partial charge in [0.2, 0.25) is 0 Å². The summed E-state index contributed by atoms with van der Waals surface area (Å²) in [6.07, 6.45) is 0. The number of carbonyl (C=O) groups is 1. The molecule has 3 aromatic rings. The lowest BCUT2D eigenvalue weighted by Gasteiger charge is -2.16. The van der Waals surface area contributed by atoms with Crippen LogP contribution in [-0.4, -0.2) is 5.78 Å². The fourth-order valence-electron chi connectivity index (χ4n) is 2.29. The van der Waals surface area contributed by atoms with Crippen molar-refractivity contribution in [3.8, 4) is 0 Å². The lowest BCUT2D eigenvalue weighted by atomic mass is 10.0. The van der Waals surface area contributed by atoms with E-state index in [2.05, 4.69) is 0 Å². The van der Waals surface area contributed by atoms with Crippen LogP contribution in [0.4, 0.5) is 0 Å². The van der Waals surface area contributed by atoms with Gasteiger partial charge in [0.05, 0.1) is 5.25 Å². The Labute approximate surface area is 135 Å². The van der Waals surface area contributed by atoms with Gasteiger partial charge < -0.3 is 0 Å². The molecule has 3 rings (SSSR count). The molecular formula is C20H16OS. The third-order valence-corrected chi connectivity index (χ3v) is 4.66. The van der Waals surface area contributed by atoms with Gasteiger partial charge in [-0.05, 0) is 17.7 Å². The SMILES string of the molecule is O=C(c1ccccc1)[C@@H](Sc1ccccc1)c1ccccc1. The smallest absolute Gasteiger partial charge is 0.180 e. The molecule has 0 radical (unpaired) electrons. The molecule has 0 aliphatic rings. The molecule has 0 fully saturated rings. The van der Waals surface area contributed by atoms with Crippen molar-refractivity contribution in [3.05, 3.63) is 102 Å². The monoisotopic (exact) mass is 304 g/mol. The first-order chi connectivity index (χ1) is 10.8. The Morgan fingerprint density at radius 3 is 1.77 bits per heavy atom. The predicted octanol–water partition coefficient (Wildman–Crippen LogP) is 5.40. The second kappa shape index (κ2) is 7.10. The molecule has 108 valence electrons. The number of Topliss-reactive ketones (excluding diaryl/α,β-unsaturated/α-hetero) is 1. The minimum absolute atomic E-state index is 0.139. The molecule has 0 saturated carbocycles. The van der Waals surface area contributed by atoms with Crippen LogP contribution in [0.25, 0.3) is 0 Å². The average Bonchev–Trinajstić information content (AvgIpc) is 2.61. The van der Waals surface area contributed by atoms with E-state index in [0.29, 0.717) is 0 Å². The Balaban J connectivity index is 1.95. The quantitative estimate of drug-likeness (QED) is 0.463. The lowest BCUT2D eigenvalue weighted by molar-refractivity contribution is 0.0989. The fraction of sp³-hybridized carbons (Fsp3) is 0.0500. The number of thioether (sulfide) groups is 1. The first-order valence-electron chi connectivity index (χ1n) is 7.20. The molecule has 0 heterocycles. The third-order valence-electron chi connectivity index (χ3n) is 3.40. The molecule has 2 heteroatoms. The van der Waals surface area contributed by atoms with Crippen LogP contribution >= 0.6 is 11.8 Å². The molecule has 0 aliphatic heterocycles. The van der Waals surface area contributed by atoms with Gasteiger partial charge in [0.1, 0.15) is 0 Å². The molecule has 1 atom stereocenters. The normalized spacial score (nSPS) is 11.8. The summed E-state index contributed by atoms with van der Waals surface area (Å²) < 4.78 is 0. The Kier molecular flexibility index (Phi) is 4.71. The van der Waals surface area contributed by atoms with E-state index in [0.717, 1.165) is 16.0 Å². The van der Waals surface area contributed by atoms with Gasteiger partial charge in [0.15, 0.2) is 5.78 Å². The summed E-state index contributed by atoms with van der Waals surface area (Å²) in [5.41, 5.74) is 1.78. The zero-order valence-corrected chi connectivity index (χ0v) is 12.9. The Bertz CT molecular complexity index is 723. The maximum Gasteiger partial charge on any atom is 0.180 e. The Hall–Kier alpha value is -2.32. The minimum atomic E-state index is -0.231. The fourth-order valence-corrected chi connectivity index (χ4v) is 3.41. The summed E-state index contributed by atoms with van der Waals surface area (Å²) in [6.45, 7) is 0. The van der Waals surface area contributed by atoms with E-state index in [1.807, 2.05) is 91.0 Å². The van der Waals surface area contributed by atoms with E-state index in [-0.39, 0.29) is 11.0 Å². The number of hydrogen-bond donors (Lipinski definition) is 0. The number of rotatable bonds is 5. The third kappa shape index (κ3) is 3.46. The van der Waals surface area contributed by atoms with Gasteiger partial charge in [-0.25, -0.2) is 0 Å². The van der Waals surface area contributed by atoms with Crippen molar-refractivity contribution in [1.29, 1.82) is 0 Å². The van der Waals surface area contributed by atoms with Gasteiger partial charge in [0.25, 0.3) is 0 Å². The van der Waals surface area contributed by atoms with Crippen molar-refractivity contribution in [1.82, 2.24) is 0 Å². The van der Waals surface area contributed by atoms with Crippen LogP contribution in [-0.2, 0) is 0 Å². The first kappa shape index (κ1) is 14.6. The van der Waals surface area contributed by atoms with Gasteiger partial charge in [0, 0.05) is 10.5 Å². The van der Waals surface area contributed by atoms with Crippen molar-refractivity contribution in [2.24, 2.45) is 0 Å². The van der Waals surface area contributed by atoms with E-state index in [1.165, 1.54) is 0 Å². The van der Waals surface area contributed by atoms with Crippen LogP contribution < -0.4 is 0 Å². The van der Waals surface area contributed by atoms with Crippen LogP contribution in [0, 0.1) is 0 Å². The molecular weight excluding hydrogens is 288 g/mol. The summed E-state index contributed by atoms with van der Waals surface area (Å²) in [6, 6.07) is 29.5. The van der Waals surface area contributed by atoms with Gasteiger partial charge in [-0.3, -0.25) is 4.79 Å². The zero-order valence-electron chi connectivity index (χ0n) is 12.1. The summed E-state index contributed by atoms with van der Waals surface area (Å²) in [5, 5.41) is -0.231. The van der Waals surface area contributed by atoms with Gasteiger partial charge in [-0.15, -0.1) is 11.8 Å². The zero-order chi connectivity index (χ0) is 15.2. The highest BCUT2D eigenvalue weighted by Crippen LogP contribution is 2.37. The predicted molar refractivity (Wildman–Crippen MR) is 92.3 cm³/mol. The molecule has 1 nitrogen and oxygen atoms in total. The van der Waals surface area contributed by atoms with Crippen LogP contribution in [0.2, 0.25) is 0 Å². The first-order valence-corrected chi connectivity index (χ1v) is 8.08. The Morgan fingerprint density at radius 2 is 1.18 bits per heavy atom. The molecule has 0 aliphatic carbocycles. The van der Waals surface area contributed by atoms with E-state index in [9.17, 15) is 4.79 Å². The molecule has 0 unspecified atom stereocenters. The van der Waals surface area contributed by atoms with Crippen LogP contribution in [0.5, 0.6) is 0 Å². The number of carbonyl (C=O) groups excluding carboxylic acids is 1. The van der Waals surface area contributed by atoms with Crippen molar-refractivity contribution in [2.45, 2.75) is 10.1 Å². The standard InChI is InChI=1S/C20H16OS/c21-19(16-10-4-1-5-11-16)20(17-12-6-2-7-13-17)22-18-14-8-3-9-15-18/h1-15,20H/t20-/m0/s1. The van der Waals surface area contributed by atoms with Crippen LogP contribution in [0.15, 0.2) is 95.9 Å². The van der Waals surface area contributed by atoms with E-state index in [4.69, 9.17) is 0 Å². The number of hydrogen-bond acceptors (Lipinski definition) is 2. The molecule has 0 amide bonds. The average molecular weight is 304 g/mol. The van der Waals surface area contributed by atoms with Crippen LogP contribution in [0.1, 0.15) is 21.2 Å². The van der Waals surface area contributed by atoms with Crippen LogP contribution in [0.3, 0.4) is 0 Å². The highest BCUT2D eigenvalue weighted by molar-refractivity contribution is 8.00. The van der Waals surface area contributed by atoms with Crippen molar-refractivity contribution < 1.29 is 4.79 Å². The topological polar surface area (TPSA) is 17.1 Å². The van der Waals surface area contributed by atoms with E-state index < -0.39 is 0 Å². The van der Waals surface area contributed by atoms with Crippen molar-refractivity contribution in [2.75, 3.05) is 0 Å². The molecule has 22 heavy (non-hydrogen) atoms. The number of ketones is 1. The van der Waals surface area contributed by atoms with Crippen molar-refractivity contribution in [3.63, 3.8) is 0 Å². The van der Waals surface area contributed by atoms with Crippen molar-refractivity contribution >= 4 is 17.5 Å². The molecule has 0 bridgehead atoms. The second-order valence-electron chi connectivity index (χ2n) is 4.95. The summed E-state index contributed by atoms with van der Waals surface area (Å²) in [5.74, 6) is 0.139. The maximum absolute atomic E-state index is 12.9. The summed E-state index contributed by atoms with van der Waals surface area (Å²) in [7, 11) is 0. The molecule has 0 N–H and O–H groups in total. The van der Waals surface area contributed by atoms with Gasteiger partial charge >= 0.3 is 0 Å². The van der Waals surface area contributed by atoms with Gasteiger partial charge in [-0.1, -0.05) is 78.9 Å². The number of benzene rings is 3. The molecule has 0 saturated heterocycles. The molecule has 0 spiro atoms. The van der Waals surface area contributed by atoms with Gasteiger partial charge in [-0.2, -0.15) is 0 Å².